The Balaban J connectivity index is 1.88. The third-order valence-corrected chi connectivity index (χ3v) is 6.15. The zero-order valence-electron chi connectivity index (χ0n) is 17.2. The summed E-state index contributed by atoms with van der Waals surface area (Å²) in [5.41, 5.74) is 4.15. The Kier molecular flexibility index (Phi) is 8.48. The summed E-state index contributed by atoms with van der Waals surface area (Å²) in [7, 11) is -2.42. The van der Waals surface area contributed by atoms with E-state index in [2.05, 4.69) is 34.8 Å². The Bertz CT molecular complexity index is 1240. The van der Waals surface area contributed by atoms with Gasteiger partial charge in [0.1, 0.15) is 11.4 Å². The number of phenolic OH excluding ortho intramolecular Hbond substituents is 1. The van der Waals surface area contributed by atoms with Crippen LogP contribution in [0.4, 0.5) is 11.4 Å². The molecule has 33 heavy (non-hydrogen) atoms. The second-order valence-electron chi connectivity index (χ2n) is 6.24. The fraction of sp³-hybridized carbons (Fsp3) is 0.0500. The molecule has 0 unspecified atom stereocenters. The van der Waals surface area contributed by atoms with E-state index in [9.17, 15) is 13.5 Å². The molecule has 0 aromatic heterocycles. The maximum absolute atomic E-state index is 12.0. The molecule has 3 aromatic carbocycles. The highest BCUT2D eigenvalue weighted by Crippen LogP contribution is 2.29. The number of hydrogen-bond acceptors (Lipinski definition) is 10. The molecule has 0 atom stereocenters. The SMILES string of the molecule is CNS(=O)(=O)c1ccc(O)c(N=NC(=NNc2ccc(SOON)cc2)c2ccccc2)c1. The summed E-state index contributed by atoms with van der Waals surface area (Å²) in [5, 5.41) is 22.5. The number of hydrogen-bond donors (Lipinski definition) is 4. The van der Waals surface area contributed by atoms with Gasteiger partial charge < -0.3 is 5.11 Å². The van der Waals surface area contributed by atoms with Crippen molar-refractivity contribution < 1.29 is 22.8 Å². The number of azo groups is 1. The van der Waals surface area contributed by atoms with Gasteiger partial charge in [-0.25, -0.2) is 13.1 Å². The van der Waals surface area contributed by atoms with Crippen molar-refractivity contribution in [2.45, 2.75) is 9.79 Å². The van der Waals surface area contributed by atoms with Crippen LogP contribution in [-0.2, 0) is 19.3 Å². The monoisotopic (exact) mass is 488 g/mol. The summed E-state index contributed by atoms with van der Waals surface area (Å²) in [6.45, 7) is 0. The highest BCUT2D eigenvalue weighted by molar-refractivity contribution is 7.94. The van der Waals surface area contributed by atoms with Crippen molar-refractivity contribution in [1.29, 1.82) is 0 Å². The largest absolute Gasteiger partial charge is 0.506 e. The second-order valence-corrected chi connectivity index (χ2v) is 8.90. The zero-order chi connectivity index (χ0) is 23.7. The summed E-state index contributed by atoms with van der Waals surface area (Å²) in [5.74, 6) is 4.79. The molecular weight excluding hydrogens is 468 g/mol. The van der Waals surface area contributed by atoms with Crippen molar-refractivity contribution in [1.82, 2.24) is 4.72 Å². The van der Waals surface area contributed by atoms with Gasteiger partial charge in [0.15, 0.2) is 0 Å². The van der Waals surface area contributed by atoms with Gasteiger partial charge in [0.25, 0.3) is 0 Å². The molecule has 11 nitrogen and oxygen atoms in total. The molecule has 0 spiro atoms. The van der Waals surface area contributed by atoms with Crippen LogP contribution < -0.4 is 16.0 Å². The number of amidine groups is 1. The first-order valence-corrected chi connectivity index (χ1v) is 11.5. The van der Waals surface area contributed by atoms with Gasteiger partial charge in [-0.2, -0.15) is 11.0 Å². The second kappa shape index (κ2) is 11.5. The van der Waals surface area contributed by atoms with Crippen molar-refractivity contribution >= 4 is 39.3 Å². The third-order valence-electron chi connectivity index (χ3n) is 4.13. The Morgan fingerprint density at radius 1 is 1.06 bits per heavy atom. The van der Waals surface area contributed by atoms with Crippen molar-refractivity contribution in [2.75, 3.05) is 12.5 Å². The zero-order valence-corrected chi connectivity index (χ0v) is 18.9. The molecule has 13 heteroatoms. The van der Waals surface area contributed by atoms with E-state index in [4.69, 9.17) is 5.90 Å². The van der Waals surface area contributed by atoms with Crippen LogP contribution in [0.2, 0.25) is 0 Å². The van der Waals surface area contributed by atoms with E-state index in [1.54, 1.807) is 36.4 Å². The van der Waals surface area contributed by atoms with Crippen LogP contribution in [0.1, 0.15) is 5.56 Å². The number of anilines is 1. The van der Waals surface area contributed by atoms with E-state index < -0.39 is 10.0 Å². The van der Waals surface area contributed by atoms with Crippen LogP contribution in [0.5, 0.6) is 5.75 Å². The Morgan fingerprint density at radius 2 is 1.79 bits per heavy atom. The topological polar surface area (TPSA) is 160 Å². The van der Waals surface area contributed by atoms with Gasteiger partial charge in [-0.15, -0.1) is 19.6 Å². The fourth-order valence-electron chi connectivity index (χ4n) is 2.46. The summed E-state index contributed by atoms with van der Waals surface area (Å²) in [6, 6.07) is 19.8. The van der Waals surface area contributed by atoms with E-state index in [0.29, 0.717) is 11.3 Å². The maximum atomic E-state index is 12.0. The molecule has 0 aliphatic rings. The molecule has 172 valence electrons. The lowest BCUT2D eigenvalue weighted by molar-refractivity contribution is -0.195. The molecule has 0 saturated carbocycles. The molecule has 0 aliphatic heterocycles. The first-order valence-electron chi connectivity index (χ1n) is 9.30. The first-order chi connectivity index (χ1) is 15.9. The molecule has 3 rings (SSSR count). The minimum atomic E-state index is -3.71. The molecule has 5 N–H and O–H groups in total. The van der Waals surface area contributed by atoms with Crippen LogP contribution in [-0.4, -0.2) is 26.4 Å². The van der Waals surface area contributed by atoms with Crippen LogP contribution >= 0.6 is 12.0 Å². The van der Waals surface area contributed by atoms with Crippen molar-refractivity contribution in [2.24, 2.45) is 21.2 Å². The average Bonchev–Trinajstić information content (AvgIpc) is 2.84. The van der Waals surface area contributed by atoms with Crippen molar-refractivity contribution in [3.05, 3.63) is 78.4 Å². The number of nitrogens with zero attached hydrogens (tertiary/aromatic N) is 3. The molecular formula is C20H20N6O5S2. The molecule has 0 saturated heterocycles. The lowest BCUT2D eigenvalue weighted by Gasteiger charge is -2.06. The Labute approximate surface area is 194 Å². The number of phenols is 1. The van der Waals surface area contributed by atoms with E-state index in [1.165, 1.54) is 25.2 Å². The van der Waals surface area contributed by atoms with E-state index in [-0.39, 0.29) is 22.2 Å². The van der Waals surface area contributed by atoms with Gasteiger partial charge in [0, 0.05) is 10.5 Å². The van der Waals surface area contributed by atoms with E-state index >= 15 is 0 Å². The molecule has 0 aliphatic carbocycles. The maximum Gasteiger partial charge on any atom is 0.240 e. The number of nitrogens with two attached hydrogens (primary N) is 1. The predicted molar refractivity (Wildman–Crippen MR) is 124 cm³/mol. The number of sulfonamides is 1. The minimum Gasteiger partial charge on any atom is -0.506 e. The van der Waals surface area contributed by atoms with Gasteiger partial charge in [-0.3, -0.25) is 5.43 Å². The number of nitrogens with one attached hydrogen (secondary N) is 2. The van der Waals surface area contributed by atoms with Gasteiger partial charge in [-0.05, 0) is 49.5 Å². The molecule has 0 fully saturated rings. The minimum absolute atomic E-state index is 0.0292. The molecule has 0 radical (unpaired) electrons. The van der Waals surface area contributed by atoms with Crippen LogP contribution in [0.3, 0.4) is 0 Å². The summed E-state index contributed by atoms with van der Waals surface area (Å²) in [6.07, 6.45) is 0. The quantitative estimate of drug-likeness (QED) is 0.0886. The first kappa shape index (κ1) is 24.3. The predicted octanol–water partition coefficient (Wildman–Crippen LogP) is 3.69. The lowest BCUT2D eigenvalue weighted by atomic mass is 10.2. The molecule has 0 amide bonds. The van der Waals surface area contributed by atoms with Gasteiger partial charge in [-0.1, -0.05) is 30.3 Å². The lowest BCUT2D eigenvalue weighted by Crippen LogP contribution is -2.18. The van der Waals surface area contributed by atoms with Gasteiger partial charge >= 0.3 is 0 Å². The average molecular weight is 489 g/mol. The Hall–Kier alpha value is -3.33. The van der Waals surface area contributed by atoms with Crippen molar-refractivity contribution in [3.8, 4) is 5.75 Å². The fourth-order valence-corrected chi connectivity index (χ4v) is 3.58. The summed E-state index contributed by atoms with van der Waals surface area (Å²) >= 11 is 0.947. The van der Waals surface area contributed by atoms with E-state index in [1.807, 2.05) is 18.2 Å². The number of hydrazone groups is 1. The normalized spacial score (nSPS) is 12.2. The van der Waals surface area contributed by atoms with Gasteiger partial charge in [0.2, 0.25) is 15.9 Å². The highest BCUT2D eigenvalue weighted by Gasteiger charge is 2.14. The Morgan fingerprint density at radius 3 is 2.45 bits per heavy atom. The smallest absolute Gasteiger partial charge is 0.240 e. The summed E-state index contributed by atoms with van der Waals surface area (Å²) in [4.78, 5) is 4.75. The molecule has 0 heterocycles. The number of rotatable bonds is 9. The highest BCUT2D eigenvalue weighted by atomic mass is 32.2. The van der Waals surface area contributed by atoms with Crippen LogP contribution in [0.15, 0.2) is 97.9 Å². The van der Waals surface area contributed by atoms with E-state index in [0.717, 1.165) is 16.9 Å². The third kappa shape index (κ3) is 6.82. The van der Waals surface area contributed by atoms with Gasteiger partial charge in [0.05, 0.1) is 22.6 Å². The summed E-state index contributed by atoms with van der Waals surface area (Å²) < 4.78 is 30.9. The van der Waals surface area contributed by atoms with Crippen LogP contribution in [0.25, 0.3) is 0 Å². The number of benzene rings is 3. The van der Waals surface area contributed by atoms with Crippen LogP contribution in [0, 0.1) is 0 Å². The standard InChI is InChI=1S/C20H20N6O5S2/c1-22-33(28,29)17-11-12-19(27)18(13-17)24-26-20(14-5-3-2-4-6-14)25-23-15-7-9-16(10-8-15)32-31-30-21/h2-13,22-23,27H,21H2,1H3. The molecule has 3 aromatic rings. The molecule has 0 bridgehead atoms. The van der Waals surface area contributed by atoms with Crippen molar-refractivity contribution in [3.63, 3.8) is 0 Å². The number of aromatic hydroxyl groups is 1.